The lowest BCUT2D eigenvalue weighted by Crippen LogP contribution is -2.12. The van der Waals surface area contributed by atoms with Crippen LogP contribution in [-0.4, -0.2) is 17.4 Å². The van der Waals surface area contributed by atoms with Gasteiger partial charge in [-0.05, 0) is 31.2 Å². The van der Waals surface area contributed by atoms with Gasteiger partial charge in [0.05, 0.1) is 22.2 Å². The number of ether oxygens (including phenoxy) is 1. The van der Waals surface area contributed by atoms with Crippen molar-refractivity contribution in [2.75, 3.05) is 11.9 Å². The molecule has 0 aliphatic rings. The summed E-state index contributed by atoms with van der Waals surface area (Å²) in [7, 11) is 0. The Morgan fingerprint density at radius 1 is 1.26 bits per heavy atom. The zero-order valence-corrected chi connectivity index (χ0v) is 13.5. The Balaban J connectivity index is 2.25. The van der Waals surface area contributed by atoms with Crippen molar-refractivity contribution in [2.24, 2.45) is 0 Å². The van der Waals surface area contributed by atoms with Gasteiger partial charge in [0.15, 0.2) is 0 Å². The number of nitro benzene ring substituents is 1. The average Bonchev–Trinajstić information content (AvgIpc) is 2.51. The molecular weight excluding hydrogens is 343 g/mol. The lowest BCUT2D eigenvalue weighted by Gasteiger charge is -2.09. The molecule has 0 aromatic heterocycles. The number of halogens is 2. The molecule has 0 bridgehead atoms. The highest BCUT2D eigenvalue weighted by Crippen LogP contribution is 2.34. The predicted octanol–water partition coefficient (Wildman–Crippen LogP) is 4.55. The fourth-order valence-electron chi connectivity index (χ4n) is 1.86. The molecule has 6 nitrogen and oxygen atoms in total. The highest BCUT2D eigenvalue weighted by atomic mass is 35.5. The molecule has 0 fully saturated rings. The van der Waals surface area contributed by atoms with Crippen molar-refractivity contribution < 1.29 is 14.5 Å². The number of rotatable bonds is 5. The van der Waals surface area contributed by atoms with Gasteiger partial charge >= 0.3 is 0 Å². The Bertz CT molecular complexity index is 765. The summed E-state index contributed by atoms with van der Waals surface area (Å²) in [6, 6.07) is 8.95. The SMILES string of the molecule is CCOc1cccc(C(=O)Nc2cc(Cl)c([N+](=O)[O-])cc2Cl)c1. The number of nitro groups is 1. The number of benzene rings is 2. The van der Waals surface area contributed by atoms with E-state index in [0.717, 1.165) is 6.07 Å². The molecule has 0 aliphatic carbocycles. The van der Waals surface area contributed by atoms with Crippen molar-refractivity contribution in [1.29, 1.82) is 0 Å². The van der Waals surface area contributed by atoms with Crippen LogP contribution in [0, 0.1) is 10.1 Å². The van der Waals surface area contributed by atoms with Crippen LogP contribution in [0.1, 0.15) is 17.3 Å². The van der Waals surface area contributed by atoms with E-state index in [1.165, 1.54) is 6.07 Å². The van der Waals surface area contributed by atoms with Gasteiger partial charge in [-0.3, -0.25) is 14.9 Å². The third kappa shape index (κ3) is 4.12. The zero-order valence-electron chi connectivity index (χ0n) is 12.0. The van der Waals surface area contributed by atoms with Crippen molar-refractivity contribution in [3.05, 3.63) is 62.1 Å². The summed E-state index contributed by atoms with van der Waals surface area (Å²) in [5.41, 5.74) is 0.226. The number of carbonyl (C=O) groups is 1. The first-order valence-electron chi connectivity index (χ1n) is 6.60. The van der Waals surface area contributed by atoms with Crippen LogP contribution in [0.4, 0.5) is 11.4 Å². The van der Waals surface area contributed by atoms with E-state index in [4.69, 9.17) is 27.9 Å². The molecule has 0 unspecified atom stereocenters. The second-order valence-corrected chi connectivity index (χ2v) is 5.27. The first-order valence-corrected chi connectivity index (χ1v) is 7.35. The number of nitrogens with zero attached hydrogens (tertiary/aromatic N) is 1. The number of hydrogen-bond donors (Lipinski definition) is 1. The Morgan fingerprint density at radius 2 is 2.00 bits per heavy atom. The van der Waals surface area contributed by atoms with E-state index in [1.54, 1.807) is 24.3 Å². The standard InChI is InChI=1S/C15H12Cl2N2O4/c1-2-23-10-5-3-4-9(6-10)15(20)18-13-7-12(17)14(19(21)22)8-11(13)16/h3-8H,2H2,1H3,(H,18,20). The maximum Gasteiger partial charge on any atom is 0.289 e. The van der Waals surface area contributed by atoms with E-state index in [-0.39, 0.29) is 21.4 Å². The van der Waals surface area contributed by atoms with Gasteiger partial charge in [-0.1, -0.05) is 29.3 Å². The topological polar surface area (TPSA) is 81.5 Å². The van der Waals surface area contributed by atoms with Gasteiger partial charge in [0.1, 0.15) is 10.8 Å². The van der Waals surface area contributed by atoms with E-state index < -0.39 is 10.8 Å². The molecule has 2 aromatic carbocycles. The van der Waals surface area contributed by atoms with Gasteiger partial charge < -0.3 is 10.1 Å². The minimum atomic E-state index is -0.647. The molecule has 120 valence electrons. The summed E-state index contributed by atoms with van der Waals surface area (Å²) in [4.78, 5) is 22.4. The lowest BCUT2D eigenvalue weighted by atomic mass is 10.2. The van der Waals surface area contributed by atoms with Crippen LogP contribution < -0.4 is 10.1 Å². The number of amides is 1. The monoisotopic (exact) mass is 354 g/mol. The summed E-state index contributed by atoms with van der Waals surface area (Å²) < 4.78 is 5.33. The van der Waals surface area contributed by atoms with Crippen LogP contribution in [0.3, 0.4) is 0 Å². The van der Waals surface area contributed by atoms with Gasteiger partial charge in [0, 0.05) is 11.6 Å². The van der Waals surface area contributed by atoms with Crippen LogP contribution in [-0.2, 0) is 0 Å². The van der Waals surface area contributed by atoms with E-state index in [0.29, 0.717) is 17.9 Å². The van der Waals surface area contributed by atoms with Crippen LogP contribution in [0.15, 0.2) is 36.4 Å². The van der Waals surface area contributed by atoms with Gasteiger partial charge in [0.2, 0.25) is 0 Å². The first kappa shape index (κ1) is 17.1. The summed E-state index contributed by atoms with van der Waals surface area (Å²) in [6.07, 6.45) is 0. The minimum absolute atomic E-state index is 0.0235. The van der Waals surface area contributed by atoms with Gasteiger partial charge in [-0.25, -0.2) is 0 Å². The average molecular weight is 355 g/mol. The van der Waals surface area contributed by atoms with Crippen molar-refractivity contribution in [1.82, 2.24) is 0 Å². The first-order chi connectivity index (χ1) is 10.9. The largest absolute Gasteiger partial charge is 0.494 e. The molecular formula is C15H12Cl2N2O4. The minimum Gasteiger partial charge on any atom is -0.494 e. The number of nitrogens with one attached hydrogen (secondary N) is 1. The van der Waals surface area contributed by atoms with Gasteiger partial charge in [-0.2, -0.15) is 0 Å². The molecule has 0 saturated heterocycles. The Hall–Kier alpha value is -2.31. The maximum absolute atomic E-state index is 12.3. The molecule has 0 aliphatic heterocycles. The van der Waals surface area contributed by atoms with Crippen molar-refractivity contribution >= 4 is 40.5 Å². The fraction of sp³-hybridized carbons (Fsp3) is 0.133. The molecule has 1 amide bonds. The quantitative estimate of drug-likeness (QED) is 0.630. The summed E-state index contributed by atoms with van der Waals surface area (Å²) >= 11 is 11.8. The molecule has 0 heterocycles. The smallest absolute Gasteiger partial charge is 0.289 e. The lowest BCUT2D eigenvalue weighted by molar-refractivity contribution is -0.384. The van der Waals surface area contributed by atoms with Crippen molar-refractivity contribution in [3.63, 3.8) is 0 Å². The molecule has 0 saturated carbocycles. The van der Waals surface area contributed by atoms with E-state index in [9.17, 15) is 14.9 Å². The number of carbonyl (C=O) groups excluding carboxylic acids is 1. The Morgan fingerprint density at radius 3 is 2.65 bits per heavy atom. The predicted molar refractivity (Wildman–Crippen MR) is 88.7 cm³/mol. The van der Waals surface area contributed by atoms with Crippen molar-refractivity contribution in [3.8, 4) is 5.75 Å². The third-order valence-corrected chi connectivity index (χ3v) is 3.50. The van der Waals surface area contributed by atoms with E-state index in [1.807, 2.05) is 6.92 Å². The summed E-state index contributed by atoms with van der Waals surface area (Å²) in [5, 5.41) is 13.3. The molecule has 2 rings (SSSR count). The summed E-state index contributed by atoms with van der Waals surface area (Å²) in [6.45, 7) is 2.32. The molecule has 0 spiro atoms. The molecule has 2 aromatic rings. The normalized spacial score (nSPS) is 10.2. The van der Waals surface area contributed by atoms with Crippen molar-refractivity contribution in [2.45, 2.75) is 6.92 Å². The van der Waals surface area contributed by atoms with Crippen LogP contribution in [0.25, 0.3) is 0 Å². The molecule has 0 radical (unpaired) electrons. The van der Waals surface area contributed by atoms with Crippen LogP contribution >= 0.6 is 23.2 Å². The van der Waals surface area contributed by atoms with E-state index >= 15 is 0 Å². The molecule has 8 heteroatoms. The third-order valence-electron chi connectivity index (χ3n) is 2.89. The highest BCUT2D eigenvalue weighted by molar-refractivity contribution is 6.37. The summed E-state index contributed by atoms with van der Waals surface area (Å²) in [5.74, 6) is 0.131. The second-order valence-electron chi connectivity index (χ2n) is 4.46. The molecule has 23 heavy (non-hydrogen) atoms. The fourth-order valence-corrected chi connectivity index (χ4v) is 2.30. The molecule has 1 N–H and O–H groups in total. The zero-order chi connectivity index (χ0) is 17.0. The maximum atomic E-state index is 12.3. The number of hydrogen-bond acceptors (Lipinski definition) is 4. The van der Waals surface area contributed by atoms with Crippen LogP contribution in [0.5, 0.6) is 5.75 Å². The number of anilines is 1. The van der Waals surface area contributed by atoms with E-state index in [2.05, 4.69) is 5.32 Å². The molecule has 0 atom stereocenters. The Kier molecular flexibility index (Phi) is 5.41. The highest BCUT2D eigenvalue weighted by Gasteiger charge is 2.17. The Labute approximate surface area is 142 Å². The van der Waals surface area contributed by atoms with Gasteiger partial charge in [-0.15, -0.1) is 0 Å². The van der Waals surface area contributed by atoms with Crippen LogP contribution in [0.2, 0.25) is 10.0 Å². The second kappa shape index (κ2) is 7.30. The van der Waals surface area contributed by atoms with Gasteiger partial charge in [0.25, 0.3) is 11.6 Å².